The van der Waals surface area contributed by atoms with Crippen molar-refractivity contribution >= 4 is 8.32 Å². The molecule has 0 aromatic rings. The van der Waals surface area contributed by atoms with E-state index in [9.17, 15) is 0 Å². The largest absolute Gasteiger partial charge is 0.417 e. The van der Waals surface area contributed by atoms with Crippen molar-refractivity contribution in [3.63, 3.8) is 0 Å². The lowest BCUT2D eigenvalue weighted by molar-refractivity contribution is 0.305. The molecule has 0 bridgehead atoms. The molecule has 0 aliphatic heterocycles. The first kappa shape index (κ1) is 17.2. The lowest BCUT2D eigenvalue weighted by atomic mass is 10.1. The number of hydrogen-bond donors (Lipinski definition) is 0. The first-order valence-corrected chi connectivity index (χ1v) is 10.9. The standard InChI is InChI=1S/C15H34OSi/c1-5-7-8-9-10-11-12-13-15-17(3,4)16-14-6-2/h5-15H2,1-4H3. The third kappa shape index (κ3) is 12.4. The monoisotopic (exact) mass is 258 g/mol. The van der Waals surface area contributed by atoms with Crippen LogP contribution < -0.4 is 0 Å². The van der Waals surface area contributed by atoms with Gasteiger partial charge in [0.05, 0.1) is 0 Å². The van der Waals surface area contributed by atoms with Crippen molar-refractivity contribution in [1.29, 1.82) is 0 Å². The van der Waals surface area contributed by atoms with Crippen LogP contribution in [-0.2, 0) is 4.43 Å². The molecular weight excluding hydrogens is 224 g/mol. The van der Waals surface area contributed by atoms with Gasteiger partial charge in [0.2, 0.25) is 0 Å². The van der Waals surface area contributed by atoms with Crippen LogP contribution in [0.2, 0.25) is 19.1 Å². The fourth-order valence-corrected chi connectivity index (χ4v) is 4.14. The predicted octanol–water partition coefficient (Wildman–Crippen LogP) is 5.76. The number of rotatable bonds is 12. The molecule has 104 valence electrons. The summed E-state index contributed by atoms with van der Waals surface area (Å²) in [6.07, 6.45) is 12.5. The Morgan fingerprint density at radius 1 is 0.706 bits per heavy atom. The molecule has 0 spiro atoms. The van der Waals surface area contributed by atoms with Gasteiger partial charge in [-0.2, -0.15) is 0 Å². The maximum Gasteiger partial charge on any atom is 0.186 e. The normalized spacial score (nSPS) is 12.0. The fraction of sp³-hybridized carbons (Fsp3) is 1.00. The second kappa shape index (κ2) is 11.3. The minimum atomic E-state index is -1.31. The van der Waals surface area contributed by atoms with E-state index >= 15 is 0 Å². The van der Waals surface area contributed by atoms with E-state index in [0.717, 1.165) is 13.0 Å². The highest BCUT2D eigenvalue weighted by atomic mass is 28.4. The Morgan fingerprint density at radius 2 is 1.24 bits per heavy atom. The van der Waals surface area contributed by atoms with E-state index in [1.165, 1.54) is 57.4 Å². The lowest BCUT2D eigenvalue weighted by Crippen LogP contribution is -2.30. The second-order valence-electron chi connectivity index (χ2n) is 5.83. The second-order valence-corrected chi connectivity index (χ2v) is 10.1. The molecule has 0 radical (unpaired) electrons. The van der Waals surface area contributed by atoms with E-state index in [-0.39, 0.29) is 0 Å². The van der Waals surface area contributed by atoms with Crippen LogP contribution in [0.3, 0.4) is 0 Å². The molecule has 0 rings (SSSR count). The van der Waals surface area contributed by atoms with Gasteiger partial charge in [-0.1, -0.05) is 65.2 Å². The summed E-state index contributed by atoms with van der Waals surface area (Å²) in [6, 6.07) is 1.35. The van der Waals surface area contributed by atoms with Crippen LogP contribution >= 0.6 is 0 Å². The van der Waals surface area contributed by atoms with Crippen molar-refractivity contribution < 1.29 is 4.43 Å². The van der Waals surface area contributed by atoms with Gasteiger partial charge in [0.1, 0.15) is 0 Å². The molecule has 17 heavy (non-hydrogen) atoms. The smallest absolute Gasteiger partial charge is 0.186 e. The quantitative estimate of drug-likeness (QED) is 0.319. The Hall–Kier alpha value is 0.177. The summed E-state index contributed by atoms with van der Waals surface area (Å²) in [4.78, 5) is 0. The molecule has 1 nitrogen and oxygen atoms in total. The van der Waals surface area contributed by atoms with Crippen LogP contribution in [0.5, 0.6) is 0 Å². The van der Waals surface area contributed by atoms with Gasteiger partial charge in [0.15, 0.2) is 8.32 Å². The predicted molar refractivity (Wildman–Crippen MR) is 81.1 cm³/mol. The van der Waals surface area contributed by atoms with E-state index in [1.54, 1.807) is 0 Å². The molecule has 0 saturated heterocycles. The van der Waals surface area contributed by atoms with Gasteiger partial charge in [0.25, 0.3) is 0 Å². The van der Waals surface area contributed by atoms with Crippen molar-refractivity contribution in [3.8, 4) is 0 Å². The van der Waals surface area contributed by atoms with Crippen LogP contribution in [0.15, 0.2) is 0 Å². The summed E-state index contributed by atoms with van der Waals surface area (Å²) >= 11 is 0. The molecule has 0 unspecified atom stereocenters. The topological polar surface area (TPSA) is 9.23 Å². The Kier molecular flexibility index (Phi) is 11.4. The molecule has 0 N–H and O–H groups in total. The zero-order valence-electron chi connectivity index (χ0n) is 12.7. The molecule has 0 heterocycles. The highest BCUT2D eigenvalue weighted by Crippen LogP contribution is 2.17. The Balaban J connectivity index is 3.26. The molecular formula is C15H34OSi. The average molecular weight is 259 g/mol. The zero-order chi connectivity index (χ0) is 13.0. The Labute approximate surface area is 110 Å². The van der Waals surface area contributed by atoms with Gasteiger partial charge >= 0.3 is 0 Å². The van der Waals surface area contributed by atoms with Gasteiger partial charge in [-0.3, -0.25) is 0 Å². The van der Waals surface area contributed by atoms with Crippen LogP contribution in [0.4, 0.5) is 0 Å². The van der Waals surface area contributed by atoms with E-state index in [4.69, 9.17) is 4.43 Å². The minimum absolute atomic E-state index is 0.968. The molecule has 0 amide bonds. The van der Waals surface area contributed by atoms with E-state index in [0.29, 0.717) is 0 Å². The maximum atomic E-state index is 5.98. The summed E-state index contributed by atoms with van der Waals surface area (Å²) in [5.41, 5.74) is 0. The van der Waals surface area contributed by atoms with Gasteiger partial charge in [-0.15, -0.1) is 0 Å². The van der Waals surface area contributed by atoms with Crippen molar-refractivity contribution in [3.05, 3.63) is 0 Å². The Morgan fingerprint density at radius 3 is 1.76 bits per heavy atom. The molecule has 0 aliphatic carbocycles. The van der Waals surface area contributed by atoms with Crippen molar-refractivity contribution in [2.24, 2.45) is 0 Å². The molecule has 2 heteroatoms. The minimum Gasteiger partial charge on any atom is -0.417 e. The summed E-state index contributed by atoms with van der Waals surface area (Å²) in [7, 11) is -1.31. The number of hydrogen-bond acceptors (Lipinski definition) is 1. The third-order valence-electron chi connectivity index (χ3n) is 3.33. The summed E-state index contributed by atoms with van der Waals surface area (Å²) < 4.78 is 5.98. The summed E-state index contributed by atoms with van der Waals surface area (Å²) in [5.74, 6) is 0. The average Bonchev–Trinajstić information content (AvgIpc) is 2.30. The third-order valence-corrected chi connectivity index (χ3v) is 5.87. The SMILES string of the molecule is CCCCCCCCCC[Si](C)(C)OCCC. The highest BCUT2D eigenvalue weighted by molar-refractivity contribution is 6.71. The van der Waals surface area contributed by atoms with Gasteiger partial charge in [-0.05, 0) is 25.6 Å². The van der Waals surface area contributed by atoms with Crippen molar-refractivity contribution in [2.75, 3.05) is 6.61 Å². The maximum absolute atomic E-state index is 5.98. The molecule has 0 aliphatic rings. The number of unbranched alkanes of at least 4 members (excludes halogenated alkanes) is 7. The van der Waals surface area contributed by atoms with Crippen molar-refractivity contribution in [2.45, 2.75) is 90.8 Å². The highest BCUT2D eigenvalue weighted by Gasteiger charge is 2.20. The Bertz CT molecular complexity index is 157. The first-order valence-electron chi connectivity index (χ1n) is 7.76. The van der Waals surface area contributed by atoms with E-state index in [1.807, 2.05) is 0 Å². The summed E-state index contributed by atoms with van der Waals surface area (Å²) in [6.45, 7) is 10.2. The van der Waals surface area contributed by atoms with Crippen molar-refractivity contribution in [1.82, 2.24) is 0 Å². The van der Waals surface area contributed by atoms with Crippen LogP contribution in [0, 0.1) is 0 Å². The van der Waals surface area contributed by atoms with E-state index in [2.05, 4.69) is 26.9 Å². The molecule has 0 aromatic carbocycles. The molecule has 0 saturated carbocycles. The molecule has 0 fully saturated rings. The fourth-order valence-electron chi connectivity index (χ4n) is 2.14. The lowest BCUT2D eigenvalue weighted by Gasteiger charge is -2.22. The van der Waals surface area contributed by atoms with Gasteiger partial charge in [-0.25, -0.2) is 0 Å². The summed E-state index contributed by atoms with van der Waals surface area (Å²) in [5, 5.41) is 0. The first-order chi connectivity index (χ1) is 8.12. The molecule has 0 aromatic heterocycles. The van der Waals surface area contributed by atoms with Crippen LogP contribution in [0.25, 0.3) is 0 Å². The van der Waals surface area contributed by atoms with Crippen LogP contribution in [0.1, 0.15) is 71.6 Å². The zero-order valence-corrected chi connectivity index (χ0v) is 13.7. The molecule has 0 atom stereocenters. The van der Waals surface area contributed by atoms with Gasteiger partial charge in [0, 0.05) is 6.61 Å². The van der Waals surface area contributed by atoms with Crippen LogP contribution in [-0.4, -0.2) is 14.9 Å². The van der Waals surface area contributed by atoms with Gasteiger partial charge < -0.3 is 4.43 Å². The van der Waals surface area contributed by atoms with E-state index < -0.39 is 8.32 Å².